The van der Waals surface area contributed by atoms with E-state index in [0.717, 1.165) is 17.0 Å². The molecule has 0 spiro atoms. The standard InChI is InChI=1S/C17H14FNO3S/c18-15-4-2-1-3-12(15)11-23-14-7-5-13(6-8-14)19-16(20)9-10-17(21)22/h1-10H,11H2,(H,19,20)(H,21,22)/b10-9+. The molecule has 2 rings (SSSR count). The number of aliphatic carboxylic acids is 1. The summed E-state index contributed by atoms with van der Waals surface area (Å²) in [5.74, 6) is -1.41. The van der Waals surface area contributed by atoms with Crippen LogP contribution < -0.4 is 5.32 Å². The molecule has 0 saturated carbocycles. The highest BCUT2D eigenvalue weighted by atomic mass is 32.2. The minimum absolute atomic E-state index is 0.228. The van der Waals surface area contributed by atoms with Crippen molar-refractivity contribution < 1.29 is 19.1 Å². The number of thioether (sulfide) groups is 1. The smallest absolute Gasteiger partial charge is 0.328 e. The SMILES string of the molecule is O=C(O)/C=C/C(=O)Nc1ccc(SCc2ccccc2F)cc1. The summed E-state index contributed by atoms with van der Waals surface area (Å²) in [6.07, 6.45) is 1.72. The Labute approximate surface area is 137 Å². The molecule has 0 radical (unpaired) electrons. The lowest BCUT2D eigenvalue weighted by Gasteiger charge is -2.05. The molecule has 4 nitrogen and oxygen atoms in total. The molecule has 2 N–H and O–H groups in total. The first kappa shape index (κ1) is 16.8. The molecule has 118 valence electrons. The number of rotatable bonds is 6. The van der Waals surface area contributed by atoms with Crippen molar-refractivity contribution in [3.63, 3.8) is 0 Å². The van der Waals surface area contributed by atoms with E-state index in [2.05, 4.69) is 5.32 Å². The van der Waals surface area contributed by atoms with Crippen molar-refractivity contribution in [1.82, 2.24) is 0 Å². The van der Waals surface area contributed by atoms with Gasteiger partial charge < -0.3 is 10.4 Å². The molecule has 0 aliphatic carbocycles. The molecule has 0 aromatic heterocycles. The summed E-state index contributed by atoms with van der Waals surface area (Å²) in [6, 6.07) is 13.6. The van der Waals surface area contributed by atoms with E-state index in [1.165, 1.54) is 17.8 Å². The number of amides is 1. The number of nitrogens with one attached hydrogen (secondary N) is 1. The lowest BCUT2D eigenvalue weighted by Crippen LogP contribution is -2.08. The maximum absolute atomic E-state index is 13.5. The Hall–Kier alpha value is -2.60. The maximum atomic E-state index is 13.5. The average Bonchev–Trinajstić information content (AvgIpc) is 2.53. The number of carbonyl (C=O) groups excluding carboxylic acids is 1. The number of halogens is 1. The van der Waals surface area contributed by atoms with Gasteiger partial charge in [-0.25, -0.2) is 9.18 Å². The lowest BCUT2D eigenvalue weighted by molar-refractivity contribution is -0.131. The fourth-order valence-electron chi connectivity index (χ4n) is 1.74. The zero-order valence-electron chi connectivity index (χ0n) is 12.0. The van der Waals surface area contributed by atoms with Crippen molar-refractivity contribution in [3.05, 3.63) is 72.1 Å². The first-order valence-corrected chi connectivity index (χ1v) is 7.71. The van der Waals surface area contributed by atoms with Crippen molar-refractivity contribution in [2.45, 2.75) is 10.6 Å². The molecule has 0 fully saturated rings. The summed E-state index contributed by atoms with van der Waals surface area (Å²) in [5, 5.41) is 11.0. The summed E-state index contributed by atoms with van der Waals surface area (Å²) < 4.78 is 13.5. The van der Waals surface area contributed by atoms with Gasteiger partial charge in [-0.05, 0) is 35.9 Å². The van der Waals surface area contributed by atoms with E-state index < -0.39 is 11.9 Å². The van der Waals surface area contributed by atoms with Crippen LogP contribution in [0.5, 0.6) is 0 Å². The summed E-state index contributed by atoms with van der Waals surface area (Å²) in [6.45, 7) is 0. The second-order valence-electron chi connectivity index (χ2n) is 4.57. The normalized spacial score (nSPS) is 10.7. The molecular formula is C17H14FNO3S. The van der Waals surface area contributed by atoms with Crippen molar-refractivity contribution >= 4 is 29.3 Å². The lowest BCUT2D eigenvalue weighted by atomic mass is 10.2. The van der Waals surface area contributed by atoms with Crippen LogP contribution in [0, 0.1) is 5.82 Å². The van der Waals surface area contributed by atoms with E-state index in [-0.39, 0.29) is 5.82 Å². The Kier molecular flexibility index (Phi) is 5.94. The third kappa shape index (κ3) is 5.60. The monoisotopic (exact) mass is 331 g/mol. The second-order valence-corrected chi connectivity index (χ2v) is 5.61. The summed E-state index contributed by atoms with van der Waals surface area (Å²) >= 11 is 1.49. The third-order valence-electron chi connectivity index (χ3n) is 2.85. The highest BCUT2D eigenvalue weighted by molar-refractivity contribution is 7.98. The molecule has 0 heterocycles. The zero-order chi connectivity index (χ0) is 16.7. The van der Waals surface area contributed by atoms with Gasteiger partial charge in [0.15, 0.2) is 0 Å². The number of anilines is 1. The van der Waals surface area contributed by atoms with Crippen LogP contribution in [0.15, 0.2) is 65.6 Å². The van der Waals surface area contributed by atoms with Crippen molar-refractivity contribution in [3.8, 4) is 0 Å². The number of carboxylic acids is 1. The van der Waals surface area contributed by atoms with Gasteiger partial charge in [-0.2, -0.15) is 0 Å². The number of carboxylic acid groups (broad SMARTS) is 1. The van der Waals surface area contributed by atoms with Gasteiger partial charge >= 0.3 is 5.97 Å². The minimum Gasteiger partial charge on any atom is -0.478 e. The van der Waals surface area contributed by atoms with Crippen LogP contribution in [0.25, 0.3) is 0 Å². The Balaban J connectivity index is 1.91. The first-order valence-electron chi connectivity index (χ1n) is 6.73. The van der Waals surface area contributed by atoms with Gasteiger partial charge in [0.1, 0.15) is 5.82 Å². The van der Waals surface area contributed by atoms with E-state index in [9.17, 15) is 14.0 Å². The van der Waals surface area contributed by atoms with E-state index in [1.807, 2.05) is 12.1 Å². The van der Waals surface area contributed by atoms with Crippen molar-refractivity contribution in [1.29, 1.82) is 0 Å². The molecule has 0 aliphatic heterocycles. The Morgan fingerprint density at radius 2 is 1.78 bits per heavy atom. The fourth-order valence-corrected chi connectivity index (χ4v) is 2.63. The molecule has 2 aromatic rings. The number of carbonyl (C=O) groups is 2. The van der Waals surface area contributed by atoms with Gasteiger partial charge in [0, 0.05) is 28.5 Å². The Morgan fingerprint density at radius 1 is 1.09 bits per heavy atom. The molecular weight excluding hydrogens is 317 g/mol. The van der Waals surface area contributed by atoms with Crippen LogP contribution in [0.1, 0.15) is 5.56 Å². The van der Waals surface area contributed by atoms with E-state index in [1.54, 1.807) is 30.3 Å². The molecule has 0 unspecified atom stereocenters. The topological polar surface area (TPSA) is 66.4 Å². The molecule has 0 aliphatic rings. The highest BCUT2D eigenvalue weighted by Gasteiger charge is 2.03. The zero-order valence-corrected chi connectivity index (χ0v) is 12.8. The van der Waals surface area contributed by atoms with Crippen LogP contribution in [-0.2, 0) is 15.3 Å². The Morgan fingerprint density at radius 3 is 2.43 bits per heavy atom. The molecule has 0 atom stereocenters. The van der Waals surface area contributed by atoms with Crippen LogP contribution in [-0.4, -0.2) is 17.0 Å². The average molecular weight is 331 g/mol. The third-order valence-corrected chi connectivity index (χ3v) is 3.91. The number of hydrogen-bond acceptors (Lipinski definition) is 3. The highest BCUT2D eigenvalue weighted by Crippen LogP contribution is 2.25. The van der Waals surface area contributed by atoms with Crippen LogP contribution in [0.4, 0.5) is 10.1 Å². The molecule has 23 heavy (non-hydrogen) atoms. The summed E-state index contributed by atoms with van der Waals surface area (Å²) in [7, 11) is 0. The number of hydrogen-bond donors (Lipinski definition) is 2. The van der Waals surface area contributed by atoms with Gasteiger partial charge in [-0.1, -0.05) is 18.2 Å². The van der Waals surface area contributed by atoms with Gasteiger partial charge in [0.25, 0.3) is 0 Å². The summed E-state index contributed by atoms with van der Waals surface area (Å²) in [4.78, 5) is 22.7. The van der Waals surface area contributed by atoms with Crippen molar-refractivity contribution in [2.24, 2.45) is 0 Å². The van der Waals surface area contributed by atoms with E-state index in [4.69, 9.17) is 5.11 Å². The predicted octanol–water partition coefficient (Wildman–Crippen LogP) is 3.70. The first-order chi connectivity index (χ1) is 11.0. The fraction of sp³-hybridized carbons (Fsp3) is 0.0588. The summed E-state index contributed by atoms with van der Waals surface area (Å²) in [5.41, 5.74) is 1.19. The van der Waals surface area contributed by atoms with Gasteiger partial charge in [-0.15, -0.1) is 11.8 Å². The van der Waals surface area contributed by atoms with Gasteiger partial charge in [0.05, 0.1) is 0 Å². The predicted molar refractivity (Wildman–Crippen MR) is 87.8 cm³/mol. The number of benzene rings is 2. The van der Waals surface area contributed by atoms with Crippen LogP contribution in [0.2, 0.25) is 0 Å². The van der Waals surface area contributed by atoms with Gasteiger partial charge in [0.2, 0.25) is 5.91 Å². The largest absolute Gasteiger partial charge is 0.478 e. The van der Waals surface area contributed by atoms with E-state index >= 15 is 0 Å². The molecule has 6 heteroatoms. The van der Waals surface area contributed by atoms with Crippen molar-refractivity contribution in [2.75, 3.05) is 5.32 Å². The molecule has 0 bridgehead atoms. The Bertz CT molecular complexity index is 729. The maximum Gasteiger partial charge on any atom is 0.328 e. The second kappa shape index (κ2) is 8.14. The van der Waals surface area contributed by atoms with Gasteiger partial charge in [-0.3, -0.25) is 4.79 Å². The molecule has 1 amide bonds. The molecule has 0 saturated heterocycles. The van der Waals surface area contributed by atoms with E-state index in [0.29, 0.717) is 17.0 Å². The minimum atomic E-state index is -1.18. The van der Waals surface area contributed by atoms with Crippen LogP contribution in [0.3, 0.4) is 0 Å². The quantitative estimate of drug-likeness (QED) is 0.626. The van der Waals surface area contributed by atoms with Crippen LogP contribution >= 0.6 is 11.8 Å². The molecule has 2 aromatic carbocycles.